The van der Waals surface area contributed by atoms with Crippen LogP contribution in [0.15, 0.2) is 48.8 Å². The Hall–Kier alpha value is -3.65. The Kier molecular flexibility index (Phi) is 4.27. The number of aromatic nitrogens is 4. The van der Waals surface area contributed by atoms with Crippen LogP contribution in [0.25, 0.3) is 22.2 Å². The number of fused-ring (bicyclic) bond motifs is 9. The summed E-state index contributed by atoms with van der Waals surface area (Å²) in [5, 5.41) is 0. The lowest BCUT2D eigenvalue weighted by atomic mass is 9.67. The number of halogens is 1. The molecule has 2 atom stereocenters. The highest BCUT2D eigenvalue weighted by molar-refractivity contribution is 5.97. The van der Waals surface area contributed by atoms with Gasteiger partial charge in [0.05, 0.1) is 28.7 Å². The number of hydrogen-bond acceptors (Lipinski definition) is 5. The van der Waals surface area contributed by atoms with Crippen LogP contribution in [0.4, 0.5) is 4.39 Å². The molecule has 2 saturated carbocycles. The molecule has 0 radical (unpaired) electrons. The summed E-state index contributed by atoms with van der Waals surface area (Å²) in [6, 6.07) is 12.5. The largest absolute Gasteiger partial charge is 0.331 e. The molecule has 8 rings (SSSR count). The van der Waals surface area contributed by atoms with E-state index < -0.39 is 11.2 Å². The first kappa shape index (κ1) is 22.3. The van der Waals surface area contributed by atoms with Crippen LogP contribution in [-0.4, -0.2) is 43.0 Å². The molecule has 2 unspecified atom stereocenters. The van der Waals surface area contributed by atoms with E-state index in [0.29, 0.717) is 11.7 Å². The Morgan fingerprint density at radius 2 is 1.82 bits per heavy atom. The zero-order valence-electron chi connectivity index (χ0n) is 21.5. The van der Waals surface area contributed by atoms with Gasteiger partial charge in [-0.3, -0.25) is 4.79 Å². The Bertz CT molecular complexity index is 1650. The highest BCUT2D eigenvalue weighted by atomic mass is 19.1. The van der Waals surface area contributed by atoms with Crippen LogP contribution >= 0.6 is 0 Å². The lowest BCUT2D eigenvalue weighted by Crippen LogP contribution is -2.57. The third-order valence-electron chi connectivity index (χ3n) is 9.08. The lowest BCUT2D eigenvalue weighted by Gasteiger charge is -2.46. The number of rotatable bonds is 3. The SMILES string of the molecule is CN1C(=O)c2cccc(C3CC3)c2C2CC1c1nc3ccc(-c4cnc(C5(N)CC(C)(F)C5)nc4)cc3n12. The fraction of sp³-hybridized carbons (Fsp3) is 0.400. The van der Waals surface area contributed by atoms with E-state index in [1.54, 1.807) is 19.3 Å². The van der Waals surface area contributed by atoms with E-state index in [0.717, 1.165) is 40.0 Å². The number of nitrogens with two attached hydrogens (primary N) is 1. The number of nitrogens with zero attached hydrogens (tertiary/aromatic N) is 5. The van der Waals surface area contributed by atoms with Crippen molar-refractivity contribution in [3.05, 3.63) is 77.1 Å². The number of imidazole rings is 1. The average Bonchev–Trinajstić information content (AvgIpc) is 3.60. The van der Waals surface area contributed by atoms with Crippen molar-refractivity contribution in [3.8, 4) is 11.1 Å². The minimum atomic E-state index is -1.25. The number of hydrogen-bond donors (Lipinski definition) is 1. The molecule has 2 aliphatic heterocycles. The van der Waals surface area contributed by atoms with Crippen molar-refractivity contribution in [3.63, 3.8) is 0 Å². The zero-order valence-corrected chi connectivity index (χ0v) is 21.5. The first-order chi connectivity index (χ1) is 18.2. The first-order valence-electron chi connectivity index (χ1n) is 13.4. The second kappa shape index (κ2) is 7.26. The van der Waals surface area contributed by atoms with Crippen LogP contribution in [-0.2, 0) is 5.54 Å². The number of amides is 1. The summed E-state index contributed by atoms with van der Waals surface area (Å²) in [5.74, 6) is 2.07. The second-order valence-corrected chi connectivity index (χ2v) is 12.0. The molecule has 2 aromatic carbocycles. The molecule has 2 aliphatic carbocycles. The molecule has 7 nitrogen and oxygen atoms in total. The minimum Gasteiger partial charge on any atom is -0.331 e. The highest BCUT2D eigenvalue weighted by Crippen LogP contribution is 2.52. The van der Waals surface area contributed by atoms with Gasteiger partial charge in [-0.25, -0.2) is 19.3 Å². The van der Waals surface area contributed by atoms with Gasteiger partial charge < -0.3 is 15.2 Å². The molecular weight excluding hydrogens is 479 g/mol. The number of carbonyl (C=O) groups excluding carboxylic acids is 1. The van der Waals surface area contributed by atoms with Crippen molar-refractivity contribution in [2.45, 2.75) is 68.2 Å². The zero-order chi connectivity index (χ0) is 26.0. The Balaban J connectivity index is 1.24. The van der Waals surface area contributed by atoms with Crippen molar-refractivity contribution in [1.29, 1.82) is 0 Å². The van der Waals surface area contributed by atoms with E-state index in [2.05, 4.69) is 26.7 Å². The Labute approximate surface area is 219 Å². The van der Waals surface area contributed by atoms with Gasteiger partial charge in [-0.1, -0.05) is 18.2 Å². The Morgan fingerprint density at radius 1 is 1.05 bits per heavy atom. The molecule has 2 aromatic heterocycles. The summed E-state index contributed by atoms with van der Waals surface area (Å²) in [7, 11) is 1.90. The van der Waals surface area contributed by atoms with Crippen LogP contribution in [0.5, 0.6) is 0 Å². The van der Waals surface area contributed by atoms with Gasteiger partial charge in [0.1, 0.15) is 17.3 Å². The van der Waals surface area contributed by atoms with E-state index >= 15 is 0 Å². The highest BCUT2D eigenvalue weighted by Gasteiger charge is 2.53. The molecule has 38 heavy (non-hydrogen) atoms. The van der Waals surface area contributed by atoms with Gasteiger partial charge in [-0.2, -0.15) is 0 Å². The van der Waals surface area contributed by atoms with Crippen LogP contribution < -0.4 is 5.73 Å². The lowest BCUT2D eigenvalue weighted by molar-refractivity contribution is -0.00337. The van der Waals surface area contributed by atoms with Crippen molar-refractivity contribution in [2.75, 3.05) is 7.05 Å². The van der Waals surface area contributed by atoms with Crippen LogP contribution in [0, 0.1) is 0 Å². The summed E-state index contributed by atoms with van der Waals surface area (Å²) in [5.41, 5.74) is 11.5. The van der Waals surface area contributed by atoms with Gasteiger partial charge in [-0.15, -0.1) is 0 Å². The van der Waals surface area contributed by atoms with E-state index in [1.165, 1.54) is 24.0 Å². The Morgan fingerprint density at radius 3 is 2.53 bits per heavy atom. The molecule has 4 aromatic rings. The van der Waals surface area contributed by atoms with Gasteiger partial charge in [0.15, 0.2) is 0 Å². The molecule has 4 heterocycles. The van der Waals surface area contributed by atoms with Crippen LogP contribution in [0.2, 0.25) is 0 Å². The quantitative estimate of drug-likeness (QED) is 0.413. The van der Waals surface area contributed by atoms with Crippen molar-refractivity contribution in [1.82, 2.24) is 24.4 Å². The molecule has 192 valence electrons. The number of benzene rings is 2. The molecule has 2 bridgehead atoms. The second-order valence-electron chi connectivity index (χ2n) is 12.0. The fourth-order valence-electron chi connectivity index (χ4n) is 7.23. The molecule has 0 saturated heterocycles. The predicted octanol–water partition coefficient (Wildman–Crippen LogP) is 5.17. The third-order valence-corrected chi connectivity index (χ3v) is 9.08. The maximum Gasteiger partial charge on any atom is 0.254 e. The van der Waals surface area contributed by atoms with E-state index in [4.69, 9.17) is 10.7 Å². The third kappa shape index (κ3) is 3.04. The predicted molar refractivity (Wildman–Crippen MR) is 141 cm³/mol. The summed E-state index contributed by atoms with van der Waals surface area (Å²) in [6.45, 7) is 1.57. The molecule has 0 spiro atoms. The molecule has 8 heteroatoms. The van der Waals surface area contributed by atoms with E-state index in [9.17, 15) is 9.18 Å². The molecule has 4 aliphatic rings. The summed E-state index contributed by atoms with van der Waals surface area (Å²) in [4.78, 5) is 29.5. The van der Waals surface area contributed by atoms with Gasteiger partial charge in [0.25, 0.3) is 5.91 Å². The van der Waals surface area contributed by atoms with Crippen LogP contribution in [0.1, 0.15) is 90.2 Å². The monoisotopic (exact) mass is 508 g/mol. The van der Waals surface area contributed by atoms with Gasteiger partial charge >= 0.3 is 0 Å². The average molecular weight is 509 g/mol. The number of carbonyl (C=O) groups is 1. The van der Waals surface area contributed by atoms with Gasteiger partial charge in [0.2, 0.25) is 0 Å². The van der Waals surface area contributed by atoms with E-state index in [1.807, 2.05) is 36.2 Å². The van der Waals surface area contributed by atoms with E-state index in [-0.39, 0.29) is 30.8 Å². The summed E-state index contributed by atoms with van der Waals surface area (Å²) < 4.78 is 16.5. The molecule has 2 fully saturated rings. The standard InChI is InChI=1S/C30H29FN6O/c1-29(31)14-30(32,15-29)28-33-12-18(13-34-28)17-8-9-21-22(10-17)37-23-11-24(26(37)35-21)36(2)27(38)20-5-3-4-19(25(20)23)16-6-7-16/h3-5,8-10,12-13,16,23-24H,6-7,11,14-15,32H2,1-2H3. The van der Waals surface area contributed by atoms with Crippen molar-refractivity contribution < 1.29 is 9.18 Å². The van der Waals surface area contributed by atoms with Crippen LogP contribution in [0.3, 0.4) is 0 Å². The van der Waals surface area contributed by atoms with Crippen molar-refractivity contribution in [2.24, 2.45) is 5.73 Å². The maximum absolute atomic E-state index is 14.1. The minimum absolute atomic E-state index is 0.0603. The fourth-order valence-corrected chi connectivity index (χ4v) is 7.23. The molecule has 2 N–H and O–H groups in total. The number of alkyl halides is 1. The summed E-state index contributed by atoms with van der Waals surface area (Å²) >= 11 is 0. The molecule has 1 amide bonds. The van der Waals surface area contributed by atoms with Crippen molar-refractivity contribution >= 4 is 16.9 Å². The van der Waals surface area contributed by atoms with Gasteiger partial charge in [-0.05, 0) is 60.6 Å². The first-order valence-corrected chi connectivity index (χ1v) is 13.4. The smallest absolute Gasteiger partial charge is 0.254 e. The molecular formula is C30H29FN6O. The topological polar surface area (TPSA) is 89.9 Å². The summed E-state index contributed by atoms with van der Waals surface area (Å²) in [6.07, 6.45) is 7.23. The van der Waals surface area contributed by atoms with Gasteiger partial charge in [0, 0.05) is 49.8 Å². The normalized spacial score (nSPS) is 29.7. The maximum atomic E-state index is 14.1.